The van der Waals surface area contributed by atoms with Crippen molar-refractivity contribution in [2.24, 2.45) is 0 Å². The number of rotatable bonds is 5. The first-order valence-electron chi connectivity index (χ1n) is 6.80. The molecular weight excluding hydrogens is 281 g/mol. The van der Waals surface area contributed by atoms with Gasteiger partial charge in [0.05, 0.1) is 6.10 Å². The third-order valence-electron chi connectivity index (χ3n) is 3.65. The van der Waals surface area contributed by atoms with Crippen molar-refractivity contribution in [1.29, 1.82) is 0 Å². The molecule has 1 aromatic rings. The summed E-state index contributed by atoms with van der Waals surface area (Å²) in [6.45, 7) is 4.60. The molecule has 20 heavy (non-hydrogen) atoms. The molecule has 2 unspecified atom stereocenters. The zero-order chi connectivity index (χ0) is 14.8. The van der Waals surface area contributed by atoms with E-state index in [4.69, 9.17) is 4.74 Å². The van der Waals surface area contributed by atoms with E-state index in [1.807, 2.05) is 0 Å². The van der Waals surface area contributed by atoms with E-state index in [1.54, 1.807) is 26.0 Å². The van der Waals surface area contributed by atoms with Gasteiger partial charge in [0, 0.05) is 19.7 Å². The molecule has 112 valence electrons. The zero-order valence-electron chi connectivity index (χ0n) is 11.8. The maximum absolute atomic E-state index is 13.2. The van der Waals surface area contributed by atoms with Crippen LogP contribution in [0.15, 0.2) is 24.3 Å². The lowest BCUT2D eigenvalue weighted by atomic mass is 10.2. The minimum atomic E-state index is -3.43. The van der Waals surface area contributed by atoms with Gasteiger partial charge in [-0.05, 0) is 31.0 Å². The summed E-state index contributed by atoms with van der Waals surface area (Å²) in [6, 6.07) is 6.04. The molecule has 0 aliphatic carbocycles. The first kappa shape index (κ1) is 15.4. The summed E-state index contributed by atoms with van der Waals surface area (Å²) in [7, 11) is -3.43. The van der Waals surface area contributed by atoms with Crippen molar-refractivity contribution in [2.75, 3.05) is 13.2 Å². The molecule has 0 aromatic heterocycles. The van der Waals surface area contributed by atoms with Crippen molar-refractivity contribution in [3.05, 3.63) is 35.6 Å². The van der Waals surface area contributed by atoms with Crippen LogP contribution < -0.4 is 0 Å². The molecule has 0 bridgehead atoms. The van der Waals surface area contributed by atoms with Gasteiger partial charge in [-0.2, -0.15) is 4.31 Å². The van der Waals surface area contributed by atoms with Crippen LogP contribution in [0, 0.1) is 5.82 Å². The van der Waals surface area contributed by atoms with E-state index in [2.05, 4.69) is 0 Å². The van der Waals surface area contributed by atoms with Crippen LogP contribution in [0.3, 0.4) is 0 Å². The Labute approximate surface area is 119 Å². The van der Waals surface area contributed by atoms with Gasteiger partial charge in [0.25, 0.3) is 0 Å². The van der Waals surface area contributed by atoms with E-state index in [0.29, 0.717) is 25.1 Å². The summed E-state index contributed by atoms with van der Waals surface area (Å²) < 4.78 is 45.2. The van der Waals surface area contributed by atoms with Gasteiger partial charge in [-0.15, -0.1) is 0 Å². The molecule has 1 fully saturated rings. The minimum Gasteiger partial charge on any atom is -0.377 e. The Balaban J connectivity index is 2.19. The summed E-state index contributed by atoms with van der Waals surface area (Å²) in [4.78, 5) is 0. The van der Waals surface area contributed by atoms with E-state index < -0.39 is 15.3 Å². The van der Waals surface area contributed by atoms with Gasteiger partial charge < -0.3 is 4.74 Å². The highest BCUT2D eigenvalue weighted by Crippen LogP contribution is 2.25. The quantitative estimate of drug-likeness (QED) is 0.837. The Hall–Kier alpha value is -0.980. The first-order chi connectivity index (χ1) is 9.45. The van der Waals surface area contributed by atoms with E-state index in [0.717, 1.165) is 0 Å². The van der Waals surface area contributed by atoms with Gasteiger partial charge in [0.15, 0.2) is 0 Å². The lowest BCUT2D eigenvalue weighted by Crippen LogP contribution is -2.41. The fraction of sp³-hybridized carbons (Fsp3) is 0.571. The molecule has 0 N–H and O–H groups in total. The Kier molecular flexibility index (Phi) is 4.78. The van der Waals surface area contributed by atoms with Crippen molar-refractivity contribution >= 4 is 10.0 Å². The standard InChI is InChI=1S/C14H20FNO3S/c1-3-16(10-12-5-4-6-13(15)9-12)20(17,18)14-7-8-19-11(14)2/h4-6,9,11,14H,3,7-8,10H2,1-2H3. The molecule has 2 rings (SSSR count). The zero-order valence-corrected chi connectivity index (χ0v) is 12.6. The molecule has 1 heterocycles. The lowest BCUT2D eigenvalue weighted by Gasteiger charge is -2.25. The Morgan fingerprint density at radius 3 is 2.75 bits per heavy atom. The van der Waals surface area contributed by atoms with Gasteiger partial charge in [0.1, 0.15) is 11.1 Å². The molecule has 0 radical (unpaired) electrons. The summed E-state index contributed by atoms with van der Waals surface area (Å²) >= 11 is 0. The molecule has 4 nitrogen and oxygen atoms in total. The number of halogens is 1. The minimum absolute atomic E-state index is 0.194. The van der Waals surface area contributed by atoms with Crippen LogP contribution in [-0.2, 0) is 21.3 Å². The molecule has 2 atom stereocenters. The second-order valence-electron chi connectivity index (χ2n) is 5.00. The maximum atomic E-state index is 13.2. The number of sulfonamides is 1. The van der Waals surface area contributed by atoms with Crippen molar-refractivity contribution in [3.8, 4) is 0 Å². The summed E-state index contributed by atoms with van der Waals surface area (Å²) in [5.41, 5.74) is 0.655. The summed E-state index contributed by atoms with van der Waals surface area (Å²) in [5.74, 6) is -0.353. The molecule has 1 aliphatic heterocycles. The SMILES string of the molecule is CCN(Cc1cccc(F)c1)S(=O)(=O)C1CCOC1C. The normalized spacial score (nSPS) is 23.4. The highest BCUT2D eigenvalue weighted by molar-refractivity contribution is 7.89. The molecule has 0 saturated carbocycles. The number of benzene rings is 1. The van der Waals surface area contributed by atoms with E-state index >= 15 is 0 Å². The van der Waals surface area contributed by atoms with Crippen LogP contribution in [0.2, 0.25) is 0 Å². The van der Waals surface area contributed by atoms with Crippen molar-refractivity contribution in [1.82, 2.24) is 4.31 Å². The smallest absolute Gasteiger partial charge is 0.219 e. The van der Waals surface area contributed by atoms with E-state index in [-0.39, 0.29) is 18.5 Å². The number of nitrogens with zero attached hydrogens (tertiary/aromatic N) is 1. The molecular formula is C14H20FNO3S. The molecule has 1 aliphatic rings. The highest BCUT2D eigenvalue weighted by Gasteiger charge is 2.39. The Morgan fingerprint density at radius 1 is 1.45 bits per heavy atom. The number of hydrogen-bond donors (Lipinski definition) is 0. The molecule has 1 saturated heterocycles. The third-order valence-corrected chi connectivity index (χ3v) is 6.14. The van der Waals surface area contributed by atoms with Gasteiger partial charge in [-0.3, -0.25) is 0 Å². The molecule has 6 heteroatoms. The van der Waals surface area contributed by atoms with Crippen LogP contribution >= 0.6 is 0 Å². The topological polar surface area (TPSA) is 46.6 Å². The van der Waals surface area contributed by atoms with Gasteiger partial charge in [-0.25, -0.2) is 12.8 Å². The highest BCUT2D eigenvalue weighted by atomic mass is 32.2. The largest absolute Gasteiger partial charge is 0.377 e. The monoisotopic (exact) mass is 301 g/mol. The lowest BCUT2D eigenvalue weighted by molar-refractivity contribution is 0.125. The van der Waals surface area contributed by atoms with Crippen molar-refractivity contribution in [3.63, 3.8) is 0 Å². The van der Waals surface area contributed by atoms with Gasteiger partial charge in [-0.1, -0.05) is 19.1 Å². The van der Waals surface area contributed by atoms with Crippen LogP contribution in [0.4, 0.5) is 4.39 Å². The van der Waals surface area contributed by atoms with Gasteiger partial charge >= 0.3 is 0 Å². The van der Waals surface area contributed by atoms with E-state index in [9.17, 15) is 12.8 Å². The van der Waals surface area contributed by atoms with E-state index in [1.165, 1.54) is 16.4 Å². The Morgan fingerprint density at radius 2 is 2.20 bits per heavy atom. The first-order valence-corrected chi connectivity index (χ1v) is 8.30. The summed E-state index contributed by atoms with van der Waals surface area (Å²) in [5, 5.41) is -0.504. The van der Waals surface area contributed by atoms with Crippen molar-refractivity contribution in [2.45, 2.75) is 38.2 Å². The maximum Gasteiger partial charge on any atom is 0.219 e. The fourth-order valence-corrected chi connectivity index (χ4v) is 4.54. The average Bonchev–Trinajstić information content (AvgIpc) is 2.83. The fourth-order valence-electron chi connectivity index (χ4n) is 2.52. The second kappa shape index (κ2) is 6.20. The molecule has 0 spiro atoms. The second-order valence-corrected chi connectivity index (χ2v) is 7.16. The predicted molar refractivity (Wildman–Crippen MR) is 75.2 cm³/mol. The molecule has 1 aromatic carbocycles. The van der Waals surface area contributed by atoms with Crippen LogP contribution in [0.25, 0.3) is 0 Å². The predicted octanol–water partition coefficient (Wildman–Crippen LogP) is 2.15. The van der Waals surface area contributed by atoms with Crippen LogP contribution in [-0.4, -0.2) is 37.2 Å². The average molecular weight is 301 g/mol. The van der Waals surface area contributed by atoms with Crippen molar-refractivity contribution < 1.29 is 17.5 Å². The third kappa shape index (κ3) is 3.19. The Bertz CT molecular complexity index is 561. The van der Waals surface area contributed by atoms with Crippen LogP contribution in [0.5, 0.6) is 0 Å². The molecule has 0 amide bonds. The van der Waals surface area contributed by atoms with Crippen LogP contribution in [0.1, 0.15) is 25.8 Å². The number of ether oxygens (including phenoxy) is 1. The summed E-state index contributed by atoms with van der Waals surface area (Å²) in [6.07, 6.45) is 0.227. The number of hydrogen-bond acceptors (Lipinski definition) is 3. The van der Waals surface area contributed by atoms with Gasteiger partial charge in [0.2, 0.25) is 10.0 Å².